The van der Waals surface area contributed by atoms with Gasteiger partial charge >= 0.3 is 5.97 Å². The van der Waals surface area contributed by atoms with E-state index in [2.05, 4.69) is 6.58 Å². The lowest BCUT2D eigenvalue weighted by molar-refractivity contribution is -0.139. The predicted octanol–water partition coefficient (Wildman–Crippen LogP) is 2.44. The first kappa shape index (κ1) is 13.2. The smallest absolute Gasteiger partial charge is 0.333 e. The second-order valence-corrected chi connectivity index (χ2v) is 4.49. The fourth-order valence-corrected chi connectivity index (χ4v) is 2.25. The average molecular weight is 226 g/mol. The van der Waals surface area contributed by atoms with E-state index >= 15 is 0 Å². The standard InChI is InChI=1S/C13H22O3/c1-3-16-13(15)10(2)9-12(14)11-7-5-4-6-8-11/h11-12,14H,2-9H2,1H3/t12-/m1/s1. The Kier molecular flexibility index (Phi) is 5.53. The van der Waals surface area contributed by atoms with Crippen molar-refractivity contribution in [1.29, 1.82) is 0 Å². The Morgan fingerprint density at radius 1 is 1.44 bits per heavy atom. The SMILES string of the molecule is C=C(C[C@@H](O)C1CCCCC1)C(=O)OCC. The summed E-state index contributed by atoms with van der Waals surface area (Å²) < 4.78 is 4.84. The van der Waals surface area contributed by atoms with Crippen LogP contribution in [0.2, 0.25) is 0 Å². The molecule has 0 aromatic rings. The van der Waals surface area contributed by atoms with E-state index in [1.54, 1.807) is 6.92 Å². The molecule has 1 atom stereocenters. The Labute approximate surface area is 97.5 Å². The van der Waals surface area contributed by atoms with Gasteiger partial charge in [-0.25, -0.2) is 4.79 Å². The van der Waals surface area contributed by atoms with Gasteiger partial charge in [-0.15, -0.1) is 0 Å². The number of ether oxygens (including phenoxy) is 1. The van der Waals surface area contributed by atoms with Crippen LogP contribution in [0.4, 0.5) is 0 Å². The van der Waals surface area contributed by atoms with Crippen molar-refractivity contribution in [2.24, 2.45) is 5.92 Å². The molecule has 1 rings (SSSR count). The van der Waals surface area contributed by atoms with E-state index in [9.17, 15) is 9.90 Å². The number of carbonyl (C=O) groups excluding carboxylic acids is 1. The lowest BCUT2D eigenvalue weighted by Gasteiger charge is -2.26. The summed E-state index contributed by atoms with van der Waals surface area (Å²) in [7, 11) is 0. The Hall–Kier alpha value is -0.830. The number of carbonyl (C=O) groups is 1. The minimum absolute atomic E-state index is 0.333. The largest absolute Gasteiger partial charge is 0.463 e. The molecule has 1 saturated carbocycles. The monoisotopic (exact) mass is 226 g/mol. The molecule has 16 heavy (non-hydrogen) atoms. The Balaban J connectivity index is 2.34. The van der Waals surface area contributed by atoms with Gasteiger partial charge in [0.25, 0.3) is 0 Å². The van der Waals surface area contributed by atoms with Crippen molar-refractivity contribution in [2.45, 2.75) is 51.6 Å². The molecule has 0 bridgehead atoms. The minimum Gasteiger partial charge on any atom is -0.463 e. The van der Waals surface area contributed by atoms with Gasteiger partial charge in [-0.1, -0.05) is 25.8 Å². The van der Waals surface area contributed by atoms with E-state index in [-0.39, 0.29) is 5.97 Å². The number of esters is 1. The number of hydrogen-bond donors (Lipinski definition) is 1. The minimum atomic E-state index is -0.433. The summed E-state index contributed by atoms with van der Waals surface area (Å²) in [6.07, 6.45) is 5.69. The van der Waals surface area contributed by atoms with Gasteiger partial charge < -0.3 is 9.84 Å². The van der Waals surface area contributed by atoms with Gasteiger partial charge in [0.05, 0.1) is 12.7 Å². The zero-order valence-electron chi connectivity index (χ0n) is 10.1. The first-order valence-corrected chi connectivity index (χ1v) is 6.18. The topological polar surface area (TPSA) is 46.5 Å². The second-order valence-electron chi connectivity index (χ2n) is 4.49. The van der Waals surface area contributed by atoms with Crippen LogP contribution in [-0.4, -0.2) is 23.8 Å². The third kappa shape index (κ3) is 3.97. The maximum absolute atomic E-state index is 11.3. The lowest BCUT2D eigenvalue weighted by atomic mass is 9.83. The molecule has 0 aromatic carbocycles. The van der Waals surface area contributed by atoms with E-state index in [0.29, 0.717) is 24.5 Å². The highest BCUT2D eigenvalue weighted by Crippen LogP contribution is 2.28. The van der Waals surface area contributed by atoms with Gasteiger partial charge in [-0.2, -0.15) is 0 Å². The molecule has 0 heterocycles. The highest BCUT2D eigenvalue weighted by molar-refractivity contribution is 5.87. The fourth-order valence-electron chi connectivity index (χ4n) is 2.25. The van der Waals surface area contributed by atoms with Crippen molar-refractivity contribution in [1.82, 2.24) is 0 Å². The van der Waals surface area contributed by atoms with Crippen molar-refractivity contribution < 1.29 is 14.6 Å². The molecule has 0 spiro atoms. The first-order chi connectivity index (χ1) is 7.65. The average Bonchev–Trinajstić information content (AvgIpc) is 2.30. The predicted molar refractivity (Wildman–Crippen MR) is 63.0 cm³/mol. The summed E-state index contributed by atoms with van der Waals surface area (Å²) in [5.74, 6) is -0.0442. The highest BCUT2D eigenvalue weighted by atomic mass is 16.5. The summed E-state index contributed by atoms with van der Waals surface area (Å²) in [5.41, 5.74) is 0.389. The molecule has 0 unspecified atom stereocenters. The molecule has 92 valence electrons. The summed E-state index contributed by atoms with van der Waals surface area (Å²) in [5, 5.41) is 9.99. The zero-order chi connectivity index (χ0) is 12.0. The number of rotatable bonds is 5. The second kappa shape index (κ2) is 6.69. The van der Waals surface area contributed by atoms with Crippen LogP contribution in [0.3, 0.4) is 0 Å². The van der Waals surface area contributed by atoms with Gasteiger partial charge in [0.2, 0.25) is 0 Å². The lowest BCUT2D eigenvalue weighted by Crippen LogP contribution is -2.25. The van der Waals surface area contributed by atoms with Gasteiger partial charge in [-0.05, 0) is 25.7 Å². The molecule has 1 fully saturated rings. The third-order valence-electron chi connectivity index (χ3n) is 3.21. The van der Waals surface area contributed by atoms with E-state index < -0.39 is 6.10 Å². The molecular formula is C13H22O3. The van der Waals surface area contributed by atoms with Gasteiger partial charge in [0.15, 0.2) is 0 Å². The van der Waals surface area contributed by atoms with Crippen LogP contribution >= 0.6 is 0 Å². The molecule has 3 nitrogen and oxygen atoms in total. The van der Waals surface area contributed by atoms with E-state index in [0.717, 1.165) is 12.8 Å². The highest BCUT2D eigenvalue weighted by Gasteiger charge is 2.23. The number of hydrogen-bond acceptors (Lipinski definition) is 3. The molecule has 0 radical (unpaired) electrons. The van der Waals surface area contributed by atoms with E-state index in [4.69, 9.17) is 4.74 Å². The van der Waals surface area contributed by atoms with Crippen LogP contribution in [0.1, 0.15) is 45.4 Å². The van der Waals surface area contributed by atoms with Crippen molar-refractivity contribution in [3.8, 4) is 0 Å². The van der Waals surface area contributed by atoms with Gasteiger partial charge in [0.1, 0.15) is 0 Å². The third-order valence-corrected chi connectivity index (χ3v) is 3.21. The van der Waals surface area contributed by atoms with Crippen LogP contribution in [0.15, 0.2) is 12.2 Å². The fraction of sp³-hybridized carbons (Fsp3) is 0.769. The molecule has 0 amide bonds. The van der Waals surface area contributed by atoms with Crippen LogP contribution < -0.4 is 0 Å². The first-order valence-electron chi connectivity index (χ1n) is 6.18. The normalized spacial score (nSPS) is 19.1. The Morgan fingerprint density at radius 3 is 2.62 bits per heavy atom. The molecule has 1 aliphatic carbocycles. The van der Waals surface area contributed by atoms with Gasteiger partial charge in [0, 0.05) is 12.0 Å². The van der Waals surface area contributed by atoms with E-state index in [1.807, 2.05) is 0 Å². The molecule has 1 N–H and O–H groups in total. The van der Waals surface area contributed by atoms with Crippen molar-refractivity contribution in [3.05, 3.63) is 12.2 Å². The van der Waals surface area contributed by atoms with Crippen molar-refractivity contribution >= 4 is 5.97 Å². The zero-order valence-corrected chi connectivity index (χ0v) is 10.1. The molecule has 1 aliphatic rings. The van der Waals surface area contributed by atoms with Crippen molar-refractivity contribution in [3.63, 3.8) is 0 Å². The molecule has 3 heteroatoms. The summed E-state index contributed by atoms with van der Waals surface area (Å²) in [6.45, 7) is 5.80. The van der Waals surface area contributed by atoms with Crippen LogP contribution in [0.5, 0.6) is 0 Å². The summed E-state index contributed by atoms with van der Waals surface area (Å²) in [4.78, 5) is 11.3. The maximum atomic E-state index is 11.3. The molecule has 0 aliphatic heterocycles. The van der Waals surface area contributed by atoms with Crippen molar-refractivity contribution in [2.75, 3.05) is 6.61 Å². The van der Waals surface area contributed by atoms with Crippen LogP contribution in [0, 0.1) is 5.92 Å². The summed E-state index contributed by atoms with van der Waals surface area (Å²) >= 11 is 0. The Bertz CT molecular complexity index is 242. The number of aliphatic hydroxyl groups excluding tert-OH is 1. The molecule has 0 aromatic heterocycles. The molecule has 0 saturated heterocycles. The van der Waals surface area contributed by atoms with Crippen LogP contribution in [0.25, 0.3) is 0 Å². The van der Waals surface area contributed by atoms with E-state index in [1.165, 1.54) is 19.3 Å². The summed E-state index contributed by atoms with van der Waals surface area (Å²) in [6, 6.07) is 0. The number of aliphatic hydroxyl groups is 1. The Morgan fingerprint density at radius 2 is 2.06 bits per heavy atom. The van der Waals surface area contributed by atoms with Crippen LogP contribution in [-0.2, 0) is 9.53 Å². The van der Waals surface area contributed by atoms with Gasteiger partial charge in [-0.3, -0.25) is 0 Å². The quantitative estimate of drug-likeness (QED) is 0.578. The molecular weight excluding hydrogens is 204 g/mol. The maximum Gasteiger partial charge on any atom is 0.333 e.